The molecule has 0 radical (unpaired) electrons. The van der Waals surface area contributed by atoms with Crippen LogP contribution in [0.2, 0.25) is 0 Å². The van der Waals surface area contributed by atoms with Crippen molar-refractivity contribution in [2.45, 2.75) is 45.7 Å². The summed E-state index contributed by atoms with van der Waals surface area (Å²) in [7, 11) is 0. The van der Waals surface area contributed by atoms with Gasteiger partial charge in [0.25, 0.3) is 0 Å². The van der Waals surface area contributed by atoms with Gasteiger partial charge in [-0.15, -0.1) is 0 Å². The van der Waals surface area contributed by atoms with Crippen molar-refractivity contribution >= 4 is 15.9 Å². The van der Waals surface area contributed by atoms with Gasteiger partial charge < -0.3 is 9.73 Å². The molecule has 0 amide bonds. The van der Waals surface area contributed by atoms with Crippen LogP contribution in [-0.2, 0) is 6.54 Å². The summed E-state index contributed by atoms with van der Waals surface area (Å²) < 4.78 is 6.21. The molecule has 0 aromatic carbocycles. The Morgan fingerprint density at radius 2 is 2.21 bits per heavy atom. The Balaban J connectivity index is 2.31. The highest BCUT2D eigenvalue weighted by atomic mass is 79.9. The summed E-state index contributed by atoms with van der Waals surface area (Å²) in [6.45, 7) is 5.25. The highest BCUT2D eigenvalue weighted by Crippen LogP contribution is 2.14. The van der Waals surface area contributed by atoms with E-state index in [2.05, 4.69) is 35.1 Å². The zero-order valence-corrected chi connectivity index (χ0v) is 10.4. The number of rotatable bonds is 6. The summed E-state index contributed by atoms with van der Waals surface area (Å²) in [5.41, 5.74) is 0. The lowest BCUT2D eigenvalue weighted by molar-refractivity contribution is 0.411. The van der Waals surface area contributed by atoms with Crippen LogP contribution in [-0.4, -0.2) is 6.04 Å². The van der Waals surface area contributed by atoms with Crippen LogP contribution in [0.3, 0.4) is 0 Å². The predicted octanol–water partition coefficient (Wildman–Crippen LogP) is 3.71. The first-order chi connectivity index (χ1) is 6.76. The van der Waals surface area contributed by atoms with Crippen LogP contribution in [0.15, 0.2) is 21.2 Å². The molecule has 1 atom stereocenters. The molecular formula is C11H18BrNO. The van der Waals surface area contributed by atoms with Gasteiger partial charge >= 0.3 is 0 Å². The SMILES string of the molecule is CCCC(CC)NCc1ccc(Br)o1. The maximum atomic E-state index is 5.41. The van der Waals surface area contributed by atoms with Crippen LogP contribution in [0.1, 0.15) is 38.9 Å². The van der Waals surface area contributed by atoms with Crippen LogP contribution in [0, 0.1) is 0 Å². The molecule has 1 aromatic heterocycles. The first-order valence-corrected chi connectivity index (χ1v) is 6.03. The molecule has 0 aliphatic rings. The maximum absolute atomic E-state index is 5.41. The van der Waals surface area contributed by atoms with Crippen molar-refractivity contribution in [1.29, 1.82) is 0 Å². The first kappa shape index (κ1) is 11.8. The third kappa shape index (κ3) is 3.84. The van der Waals surface area contributed by atoms with E-state index in [0.29, 0.717) is 6.04 Å². The topological polar surface area (TPSA) is 25.2 Å². The van der Waals surface area contributed by atoms with Crippen LogP contribution in [0.4, 0.5) is 0 Å². The van der Waals surface area contributed by atoms with E-state index in [1.165, 1.54) is 19.3 Å². The van der Waals surface area contributed by atoms with Gasteiger partial charge in [-0.2, -0.15) is 0 Å². The largest absolute Gasteiger partial charge is 0.453 e. The monoisotopic (exact) mass is 259 g/mol. The lowest BCUT2D eigenvalue weighted by atomic mass is 10.1. The summed E-state index contributed by atoms with van der Waals surface area (Å²) >= 11 is 3.29. The van der Waals surface area contributed by atoms with Crippen molar-refractivity contribution in [3.05, 3.63) is 22.6 Å². The first-order valence-electron chi connectivity index (χ1n) is 5.23. The molecule has 2 nitrogen and oxygen atoms in total. The van der Waals surface area contributed by atoms with Gasteiger partial charge in [0.1, 0.15) is 5.76 Å². The van der Waals surface area contributed by atoms with Crippen LogP contribution in [0.25, 0.3) is 0 Å². The van der Waals surface area contributed by atoms with Gasteiger partial charge in [0.15, 0.2) is 4.67 Å². The molecule has 1 unspecified atom stereocenters. The van der Waals surface area contributed by atoms with E-state index < -0.39 is 0 Å². The maximum Gasteiger partial charge on any atom is 0.169 e. The molecule has 0 saturated carbocycles. The Morgan fingerprint density at radius 1 is 1.43 bits per heavy atom. The van der Waals surface area contributed by atoms with Crippen molar-refractivity contribution in [2.24, 2.45) is 0 Å². The van der Waals surface area contributed by atoms with E-state index in [4.69, 9.17) is 4.42 Å². The second-order valence-electron chi connectivity index (χ2n) is 3.48. The summed E-state index contributed by atoms with van der Waals surface area (Å²) in [4.78, 5) is 0. The zero-order chi connectivity index (χ0) is 10.4. The van der Waals surface area contributed by atoms with Gasteiger partial charge in [-0.25, -0.2) is 0 Å². The molecule has 1 rings (SSSR count). The van der Waals surface area contributed by atoms with Crippen LogP contribution >= 0.6 is 15.9 Å². The van der Waals surface area contributed by atoms with E-state index in [0.717, 1.165) is 17.0 Å². The molecule has 1 aromatic rings. The van der Waals surface area contributed by atoms with Gasteiger partial charge in [0, 0.05) is 6.04 Å². The molecular weight excluding hydrogens is 242 g/mol. The molecule has 1 N–H and O–H groups in total. The predicted molar refractivity (Wildman–Crippen MR) is 62.2 cm³/mol. The average molecular weight is 260 g/mol. The normalized spacial score (nSPS) is 13.1. The van der Waals surface area contributed by atoms with Gasteiger partial charge in [-0.05, 0) is 40.9 Å². The standard InChI is InChI=1S/C11H18BrNO/c1-3-5-9(4-2)13-8-10-6-7-11(12)14-10/h6-7,9,13H,3-5,8H2,1-2H3. The molecule has 0 saturated heterocycles. The minimum atomic E-state index is 0.615. The molecule has 0 fully saturated rings. The Hall–Kier alpha value is -0.280. The Kier molecular flexibility index (Phi) is 5.26. The molecule has 0 aliphatic carbocycles. The summed E-state index contributed by atoms with van der Waals surface area (Å²) in [5.74, 6) is 0.992. The summed E-state index contributed by atoms with van der Waals surface area (Å²) in [6.07, 6.45) is 3.64. The summed E-state index contributed by atoms with van der Waals surface area (Å²) in [6, 6.07) is 4.54. The minimum Gasteiger partial charge on any atom is -0.453 e. The Labute approximate surface area is 94.2 Å². The van der Waals surface area contributed by atoms with Gasteiger partial charge in [0.05, 0.1) is 6.54 Å². The van der Waals surface area contributed by atoms with Crippen molar-refractivity contribution in [2.75, 3.05) is 0 Å². The van der Waals surface area contributed by atoms with Gasteiger partial charge in [0.2, 0.25) is 0 Å². The van der Waals surface area contributed by atoms with Crippen LogP contribution in [0.5, 0.6) is 0 Å². The molecule has 3 heteroatoms. The van der Waals surface area contributed by atoms with Crippen molar-refractivity contribution in [3.8, 4) is 0 Å². The Morgan fingerprint density at radius 3 is 2.71 bits per heavy atom. The smallest absolute Gasteiger partial charge is 0.169 e. The zero-order valence-electron chi connectivity index (χ0n) is 8.85. The molecule has 1 heterocycles. The second kappa shape index (κ2) is 6.25. The van der Waals surface area contributed by atoms with Crippen molar-refractivity contribution < 1.29 is 4.42 Å². The Bertz CT molecular complexity index is 260. The molecule has 80 valence electrons. The van der Waals surface area contributed by atoms with E-state index in [-0.39, 0.29) is 0 Å². The van der Waals surface area contributed by atoms with Crippen LogP contribution < -0.4 is 5.32 Å². The quantitative estimate of drug-likeness (QED) is 0.843. The number of halogens is 1. The highest BCUT2D eigenvalue weighted by Gasteiger charge is 2.05. The van der Waals surface area contributed by atoms with Gasteiger partial charge in [-0.3, -0.25) is 0 Å². The summed E-state index contributed by atoms with van der Waals surface area (Å²) in [5, 5.41) is 3.49. The lowest BCUT2D eigenvalue weighted by Crippen LogP contribution is -2.27. The number of furan rings is 1. The third-order valence-corrected chi connectivity index (χ3v) is 2.75. The second-order valence-corrected chi connectivity index (χ2v) is 4.26. The molecule has 0 bridgehead atoms. The van der Waals surface area contributed by atoms with Crippen molar-refractivity contribution in [1.82, 2.24) is 5.32 Å². The van der Waals surface area contributed by atoms with Gasteiger partial charge in [-0.1, -0.05) is 20.3 Å². The molecule has 0 aliphatic heterocycles. The third-order valence-electron chi connectivity index (χ3n) is 2.32. The minimum absolute atomic E-state index is 0.615. The van der Waals surface area contributed by atoms with E-state index in [9.17, 15) is 0 Å². The molecule has 14 heavy (non-hydrogen) atoms. The number of nitrogens with one attached hydrogen (secondary N) is 1. The fraction of sp³-hybridized carbons (Fsp3) is 0.636. The average Bonchev–Trinajstić information content (AvgIpc) is 2.59. The fourth-order valence-electron chi connectivity index (χ4n) is 1.49. The van der Waals surface area contributed by atoms with E-state index in [1.807, 2.05) is 12.1 Å². The van der Waals surface area contributed by atoms with E-state index in [1.54, 1.807) is 0 Å². The highest BCUT2D eigenvalue weighted by molar-refractivity contribution is 9.10. The van der Waals surface area contributed by atoms with Crippen molar-refractivity contribution in [3.63, 3.8) is 0 Å². The number of hydrogen-bond donors (Lipinski definition) is 1. The fourth-order valence-corrected chi connectivity index (χ4v) is 1.83. The molecule has 0 spiro atoms. The van der Waals surface area contributed by atoms with E-state index >= 15 is 0 Å². The number of hydrogen-bond acceptors (Lipinski definition) is 2. The lowest BCUT2D eigenvalue weighted by Gasteiger charge is -2.14.